The second kappa shape index (κ2) is 4.79. The molecule has 0 fully saturated rings. The van der Waals surface area contributed by atoms with Crippen molar-refractivity contribution >= 4 is 16.7 Å². The number of carboxylic acids is 1. The molecule has 0 unspecified atom stereocenters. The fraction of sp³-hybridized carbons (Fsp3) is 0.0833. The first-order chi connectivity index (χ1) is 6.70. The van der Waals surface area contributed by atoms with Crippen LogP contribution in [0.5, 0.6) is 0 Å². The van der Waals surface area contributed by atoms with Crippen LogP contribution in [-0.2, 0) is 0 Å². The summed E-state index contributed by atoms with van der Waals surface area (Å²) in [5, 5.41) is 10.8. The molecule has 0 radical (unpaired) electrons. The normalized spacial score (nSPS) is 9.67. The third kappa shape index (κ3) is 2.23. The van der Waals surface area contributed by atoms with Crippen LogP contribution in [0.15, 0.2) is 36.4 Å². The van der Waals surface area contributed by atoms with Crippen molar-refractivity contribution < 1.29 is 40.9 Å². The summed E-state index contributed by atoms with van der Waals surface area (Å²) in [6.07, 6.45) is 0. The smallest absolute Gasteiger partial charge is 1.00 e. The minimum atomic E-state index is -0.874. The Bertz CT molecular complexity index is 511. The van der Waals surface area contributed by atoms with Gasteiger partial charge in [0.25, 0.3) is 0 Å². The van der Waals surface area contributed by atoms with E-state index >= 15 is 0 Å². The molecular formula is C12H11NaO2. The van der Waals surface area contributed by atoms with Crippen molar-refractivity contribution in [2.24, 2.45) is 0 Å². The van der Waals surface area contributed by atoms with Gasteiger partial charge in [0.05, 0.1) is 5.56 Å². The second-order valence-electron chi connectivity index (χ2n) is 3.28. The van der Waals surface area contributed by atoms with Crippen LogP contribution in [0.25, 0.3) is 10.8 Å². The number of benzene rings is 2. The summed E-state index contributed by atoms with van der Waals surface area (Å²) in [7, 11) is 0. The molecule has 15 heavy (non-hydrogen) atoms. The van der Waals surface area contributed by atoms with Crippen molar-refractivity contribution in [2.75, 3.05) is 0 Å². The van der Waals surface area contributed by atoms with Gasteiger partial charge < -0.3 is 6.53 Å². The van der Waals surface area contributed by atoms with Gasteiger partial charge in [-0.1, -0.05) is 30.3 Å². The molecule has 2 aromatic rings. The van der Waals surface area contributed by atoms with Gasteiger partial charge >= 0.3 is 35.5 Å². The van der Waals surface area contributed by atoms with E-state index < -0.39 is 5.97 Å². The molecule has 0 bridgehead atoms. The maximum atomic E-state index is 10.9. The first-order valence-corrected chi connectivity index (χ1v) is 4.42. The van der Waals surface area contributed by atoms with E-state index in [2.05, 4.69) is 0 Å². The molecule has 0 aliphatic heterocycles. The minimum Gasteiger partial charge on any atom is -1.00 e. The van der Waals surface area contributed by atoms with E-state index in [9.17, 15) is 4.79 Å². The minimum absolute atomic E-state index is 0. The second-order valence-corrected chi connectivity index (χ2v) is 3.28. The summed E-state index contributed by atoms with van der Waals surface area (Å²) in [4.78, 5) is 10.9. The quantitative estimate of drug-likeness (QED) is 0.671. The Hall–Kier alpha value is -0.830. The molecule has 0 aromatic heterocycles. The zero-order chi connectivity index (χ0) is 10.1. The maximum Gasteiger partial charge on any atom is 1.00 e. The molecule has 0 saturated heterocycles. The number of aromatic carboxylic acids is 1. The van der Waals surface area contributed by atoms with Crippen LogP contribution in [0, 0.1) is 6.92 Å². The monoisotopic (exact) mass is 210 g/mol. The van der Waals surface area contributed by atoms with Gasteiger partial charge in [-0.15, -0.1) is 0 Å². The average Bonchev–Trinajstić information content (AvgIpc) is 2.18. The van der Waals surface area contributed by atoms with Crippen LogP contribution in [0.2, 0.25) is 0 Å². The molecule has 2 aromatic carbocycles. The number of aryl methyl sites for hydroxylation is 1. The van der Waals surface area contributed by atoms with Crippen LogP contribution in [0.4, 0.5) is 0 Å². The van der Waals surface area contributed by atoms with Gasteiger partial charge in [0.15, 0.2) is 0 Å². The van der Waals surface area contributed by atoms with E-state index in [0.29, 0.717) is 5.56 Å². The molecule has 2 rings (SSSR count). The van der Waals surface area contributed by atoms with Crippen LogP contribution in [-0.4, -0.2) is 11.1 Å². The maximum absolute atomic E-state index is 10.9. The molecule has 0 spiro atoms. The first-order valence-electron chi connectivity index (χ1n) is 4.42. The summed E-state index contributed by atoms with van der Waals surface area (Å²) < 4.78 is 0. The summed E-state index contributed by atoms with van der Waals surface area (Å²) in [6, 6.07) is 11.0. The fourth-order valence-electron chi connectivity index (χ4n) is 1.64. The van der Waals surface area contributed by atoms with E-state index in [0.717, 1.165) is 16.3 Å². The van der Waals surface area contributed by atoms with Crippen LogP contribution in [0.3, 0.4) is 0 Å². The Balaban J connectivity index is 0.00000112. The van der Waals surface area contributed by atoms with Crippen molar-refractivity contribution in [3.8, 4) is 0 Å². The third-order valence-electron chi connectivity index (χ3n) is 2.37. The van der Waals surface area contributed by atoms with E-state index in [1.54, 1.807) is 6.07 Å². The predicted molar refractivity (Wildman–Crippen MR) is 56.8 cm³/mol. The molecule has 0 heterocycles. The first kappa shape index (κ1) is 12.2. The summed E-state index contributed by atoms with van der Waals surface area (Å²) in [5.74, 6) is -0.874. The molecule has 0 aliphatic carbocycles. The summed E-state index contributed by atoms with van der Waals surface area (Å²) in [6.45, 7) is 1.98. The Morgan fingerprint density at radius 2 is 1.73 bits per heavy atom. The van der Waals surface area contributed by atoms with Crippen molar-refractivity contribution in [3.63, 3.8) is 0 Å². The van der Waals surface area contributed by atoms with Crippen LogP contribution < -0.4 is 29.6 Å². The number of carboxylic acid groups (broad SMARTS) is 1. The van der Waals surface area contributed by atoms with Gasteiger partial charge in [0.2, 0.25) is 0 Å². The number of hydrogen-bond donors (Lipinski definition) is 1. The SMILES string of the molecule is Cc1ccc(C(=O)O)c2ccccc12.[H-].[Na+]. The third-order valence-corrected chi connectivity index (χ3v) is 2.37. The van der Waals surface area contributed by atoms with E-state index in [1.807, 2.05) is 37.3 Å². The van der Waals surface area contributed by atoms with Crippen molar-refractivity contribution in [1.29, 1.82) is 0 Å². The molecule has 0 amide bonds. The Morgan fingerprint density at radius 3 is 2.33 bits per heavy atom. The number of rotatable bonds is 1. The van der Waals surface area contributed by atoms with Gasteiger partial charge in [-0.25, -0.2) is 4.79 Å². The number of fused-ring (bicyclic) bond motifs is 1. The van der Waals surface area contributed by atoms with Gasteiger partial charge in [0.1, 0.15) is 0 Å². The van der Waals surface area contributed by atoms with Gasteiger partial charge in [0, 0.05) is 0 Å². The molecule has 72 valence electrons. The molecular weight excluding hydrogens is 199 g/mol. The zero-order valence-electron chi connectivity index (χ0n) is 9.82. The van der Waals surface area contributed by atoms with Gasteiger partial charge in [-0.3, -0.25) is 0 Å². The number of carbonyl (C=O) groups is 1. The van der Waals surface area contributed by atoms with Gasteiger partial charge in [-0.05, 0) is 29.3 Å². The molecule has 0 atom stereocenters. The van der Waals surface area contributed by atoms with Crippen LogP contribution >= 0.6 is 0 Å². The Labute approximate surface area is 112 Å². The molecule has 1 N–H and O–H groups in total. The van der Waals surface area contributed by atoms with Crippen LogP contribution in [0.1, 0.15) is 17.3 Å². The van der Waals surface area contributed by atoms with Crippen molar-refractivity contribution in [3.05, 3.63) is 47.5 Å². The van der Waals surface area contributed by atoms with E-state index in [1.165, 1.54) is 0 Å². The standard InChI is InChI=1S/C12H10O2.Na.H/c1-8-6-7-11(12(13)14)10-5-3-2-4-9(8)10;;/h2-7H,1H3,(H,13,14);;/q;+1;-1. The molecule has 3 heteroatoms. The zero-order valence-corrected chi connectivity index (χ0v) is 10.8. The average molecular weight is 210 g/mol. The van der Waals surface area contributed by atoms with Crippen molar-refractivity contribution in [1.82, 2.24) is 0 Å². The van der Waals surface area contributed by atoms with Gasteiger partial charge in [-0.2, -0.15) is 0 Å². The largest absolute Gasteiger partial charge is 1.00 e. The molecule has 0 aliphatic rings. The Morgan fingerprint density at radius 1 is 1.13 bits per heavy atom. The van der Waals surface area contributed by atoms with E-state index in [-0.39, 0.29) is 31.0 Å². The van der Waals surface area contributed by atoms with E-state index in [4.69, 9.17) is 5.11 Å². The Kier molecular flexibility index (Phi) is 3.91. The molecule has 0 saturated carbocycles. The van der Waals surface area contributed by atoms with Crippen molar-refractivity contribution in [2.45, 2.75) is 6.92 Å². The predicted octanol–water partition coefficient (Wildman–Crippen LogP) is -0.0371. The summed E-state index contributed by atoms with van der Waals surface area (Å²) in [5.41, 5.74) is 1.47. The fourth-order valence-corrected chi connectivity index (χ4v) is 1.64. The topological polar surface area (TPSA) is 37.3 Å². The summed E-state index contributed by atoms with van der Waals surface area (Å²) >= 11 is 0. The number of hydrogen-bond acceptors (Lipinski definition) is 1. The molecule has 2 nitrogen and oxygen atoms in total.